The van der Waals surface area contributed by atoms with Crippen LogP contribution >= 0.6 is 11.6 Å². The highest BCUT2D eigenvalue weighted by Crippen LogP contribution is 2.29. The monoisotopic (exact) mass is 205 g/mol. The molecule has 0 heterocycles. The van der Waals surface area contributed by atoms with E-state index in [0.717, 1.165) is 25.7 Å². The molecule has 0 bridgehead atoms. The molecule has 0 aromatic carbocycles. The van der Waals surface area contributed by atoms with Crippen LogP contribution in [0, 0.1) is 0 Å². The van der Waals surface area contributed by atoms with Crippen LogP contribution in [0.3, 0.4) is 0 Å². The summed E-state index contributed by atoms with van der Waals surface area (Å²) < 4.78 is 0. The SMILES string of the molecule is O=C(CCCl)NC1(CO)CCCC1. The fourth-order valence-electron chi connectivity index (χ4n) is 1.82. The van der Waals surface area contributed by atoms with Crippen LogP contribution in [0.15, 0.2) is 0 Å². The number of carbonyl (C=O) groups excluding carboxylic acids is 1. The Hall–Kier alpha value is -0.280. The summed E-state index contributed by atoms with van der Waals surface area (Å²) in [5.74, 6) is 0.291. The third kappa shape index (κ3) is 2.85. The van der Waals surface area contributed by atoms with Gasteiger partial charge in [0.2, 0.25) is 5.91 Å². The van der Waals surface area contributed by atoms with Crippen molar-refractivity contribution in [2.45, 2.75) is 37.6 Å². The van der Waals surface area contributed by atoms with Gasteiger partial charge in [-0.1, -0.05) is 12.8 Å². The lowest BCUT2D eigenvalue weighted by atomic mass is 9.99. The Morgan fingerprint density at radius 2 is 2.08 bits per heavy atom. The van der Waals surface area contributed by atoms with E-state index >= 15 is 0 Å². The second-order valence-corrected chi connectivity index (χ2v) is 4.01. The average molecular weight is 206 g/mol. The largest absolute Gasteiger partial charge is 0.394 e. The van der Waals surface area contributed by atoms with Crippen LogP contribution in [0.2, 0.25) is 0 Å². The first-order valence-corrected chi connectivity index (χ1v) is 5.24. The van der Waals surface area contributed by atoms with Crippen LogP contribution < -0.4 is 5.32 Å². The molecule has 1 aliphatic carbocycles. The number of amides is 1. The molecule has 0 aromatic rings. The van der Waals surface area contributed by atoms with E-state index in [1.165, 1.54) is 0 Å². The maximum absolute atomic E-state index is 11.3. The molecule has 0 unspecified atom stereocenters. The maximum Gasteiger partial charge on any atom is 0.221 e. The van der Waals surface area contributed by atoms with Gasteiger partial charge < -0.3 is 10.4 Å². The normalized spacial score (nSPS) is 20.2. The van der Waals surface area contributed by atoms with Crippen LogP contribution in [0.1, 0.15) is 32.1 Å². The van der Waals surface area contributed by atoms with Gasteiger partial charge in [-0.25, -0.2) is 0 Å². The topological polar surface area (TPSA) is 49.3 Å². The van der Waals surface area contributed by atoms with E-state index in [1.54, 1.807) is 0 Å². The third-order valence-electron chi connectivity index (χ3n) is 2.59. The lowest BCUT2D eigenvalue weighted by Gasteiger charge is -2.27. The zero-order chi connectivity index (χ0) is 9.73. The fraction of sp³-hybridized carbons (Fsp3) is 0.889. The van der Waals surface area contributed by atoms with Gasteiger partial charge in [0.1, 0.15) is 0 Å². The number of hydrogen-bond acceptors (Lipinski definition) is 2. The molecule has 0 spiro atoms. The first-order chi connectivity index (χ1) is 6.22. The number of carbonyl (C=O) groups is 1. The van der Waals surface area contributed by atoms with Crippen molar-refractivity contribution >= 4 is 17.5 Å². The molecule has 1 saturated carbocycles. The van der Waals surface area contributed by atoms with Gasteiger partial charge in [-0.05, 0) is 12.8 Å². The zero-order valence-corrected chi connectivity index (χ0v) is 8.44. The molecule has 76 valence electrons. The van der Waals surface area contributed by atoms with Gasteiger partial charge in [0, 0.05) is 12.3 Å². The Bertz CT molecular complexity index is 178. The average Bonchev–Trinajstić information content (AvgIpc) is 2.54. The number of aliphatic hydroxyl groups excluding tert-OH is 1. The van der Waals surface area contributed by atoms with Crippen LogP contribution in [0.5, 0.6) is 0 Å². The molecular weight excluding hydrogens is 190 g/mol. The first-order valence-electron chi connectivity index (χ1n) is 4.70. The number of halogens is 1. The molecule has 1 aliphatic rings. The van der Waals surface area contributed by atoms with Crippen LogP contribution in [0.4, 0.5) is 0 Å². The fourth-order valence-corrected chi connectivity index (χ4v) is 1.99. The molecule has 0 aliphatic heterocycles. The van der Waals surface area contributed by atoms with E-state index in [0.29, 0.717) is 12.3 Å². The quantitative estimate of drug-likeness (QED) is 0.674. The van der Waals surface area contributed by atoms with Crippen LogP contribution in [-0.2, 0) is 4.79 Å². The lowest BCUT2D eigenvalue weighted by molar-refractivity contribution is -0.123. The Balaban J connectivity index is 2.43. The smallest absolute Gasteiger partial charge is 0.221 e. The van der Waals surface area contributed by atoms with Gasteiger partial charge in [-0.15, -0.1) is 11.6 Å². The van der Waals surface area contributed by atoms with Crippen LogP contribution in [-0.4, -0.2) is 29.0 Å². The number of alkyl halides is 1. The predicted octanol–water partition coefficient (Wildman–Crippen LogP) is 1.04. The Kier molecular flexibility index (Phi) is 4.00. The van der Waals surface area contributed by atoms with Gasteiger partial charge in [0.15, 0.2) is 0 Å². The molecule has 1 rings (SSSR count). The van der Waals surface area contributed by atoms with Crippen molar-refractivity contribution in [1.82, 2.24) is 5.32 Å². The summed E-state index contributed by atoms with van der Waals surface area (Å²) in [5, 5.41) is 12.1. The summed E-state index contributed by atoms with van der Waals surface area (Å²) in [6.07, 6.45) is 4.28. The van der Waals surface area contributed by atoms with Gasteiger partial charge in [-0.2, -0.15) is 0 Å². The molecule has 0 radical (unpaired) electrons. The predicted molar refractivity (Wildman–Crippen MR) is 51.8 cm³/mol. The number of nitrogens with one attached hydrogen (secondary N) is 1. The second kappa shape index (κ2) is 4.82. The highest BCUT2D eigenvalue weighted by atomic mass is 35.5. The zero-order valence-electron chi connectivity index (χ0n) is 7.68. The number of hydrogen-bond donors (Lipinski definition) is 2. The summed E-state index contributed by atoms with van der Waals surface area (Å²) in [6, 6.07) is 0. The highest BCUT2D eigenvalue weighted by Gasteiger charge is 2.34. The van der Waals surface area contributed by atoms with Gasteiger partial charge in [-0.3, -0.25) is 4.79 Å². The Morgan fingerprint density at radius 3 is 2.54 bits per heavy atom. The molecule has 1 amide bonds. The summed E-state index contributed by atoms with van der Waals surface area (Å²) in [4.78, 5) is 11.3. The van der Waals surface area contributed by atoms with Crippen molar-refractivity contribution in [2.75, 3.05) is 12.5 Å². The van der Waals surface area contributed by atoms with E-state index in [2.05, 4.69) is 5.32 Å². The summed E-state index contributed by atoms with van der Waals surface area (Å²) in [5.41, 5.74) is -0.344. The summed E-state index contributed by atoms with van der Waals surface area (Å²) >= 11 is 5.45. The molecule has 13 heavy (non-hydrogen) atoms. The molecule has 3 nitrogen and oxygen atoms in total. The molecule has 1 fully saturated rings. The summed E-state index contributed by atoms with van der Waals surface area (Å²) in [6.45, 7) is 0.0427. The summed E-state index contributed by atoms with van der Waals surface area (Å²) in [7, 11) is 0. The number of rotatable bonds is 4. The third-order valence-corrected chi connectivity index (χ3v) is 2.78. The van der Waals surface area contributed by atoms with Crippen LogP contribution in [0.25, 0.3) is 0 Å². The lowest BCUT2D eigenvalue weighted by Crippen LogP contribution is -2.49. The Labute approximate surface area is 83.5 Å². The van der Waals surface area contributed by atoms with E-state index in [4.69, 9.17) is 11.6 Å². The standard InChI is InChI=1S/C9H16ClNO2/c10-6-3-8(13)11-9(7-12)4-1-2-5-9/h12H,1-7H2,(H,11,13). The van der Waals surface area contributed by atoms with Gasteiger partial charge in [0.25, 0.3) is 0 Å². The van der Waals surface area contributed by atoms with Crippen molar-refractivity contribution in [2.24, 2.45) is 0 Å². The highest BCUT2D eigenvalue weighted by molar-refractivity contribution is 6.18. The molecule has 0 aromatic heterocycles. The molecule has 0 saturated heterocycles. The maximum atomic E-state index is 11.3. The molecule has 0 atom stereocenters. The van der Waals surface area contributed by atoms with Crippen molar-refractivity contribution in [1.29, 1.82) is 0 Å². The van der Waals surface area contributed by atoms with Gasteiger partial charge in [0.05, 0.1) is 12.1 Å². The Morgan fingerprint density at radius 1 is 1.46 bits per heavy atom. The molecular formula is C9H16ClNO2. The van der Waals surface area contributed by atoms with Crippen molar-refractivity contribution < 1.29 is 9.90 Å². The minimum absolute atomic E-state index is 0.0427. The van der Waals surface area contributed by atoms with E-state index in [1.807, 2.05) is 0 Å². The first kappa shape index (κ1) is 10.8. The van der Waals surface area contributed by atoms with Gasteiger partial charge >= 0.3 is 0 Å². The minimum Gasteiger partial charge on any atom is -0.394 e. The van der Waals surface area contributed by atoms with E-state index in [-0.39, 0.29) is 18.1 Å². The van der Waals surface area contributed by atoms with Crippen molar-refractivity contribution in [3.05, 3.63) is 0 Å². The minimum atomic E-state index is -0.344. The molecule has 4 heteroatoms. The van der Waals surface area contributed by atoms with E-state index < -0.39 is 0 Å². The number of aliphatic hydroxyl groups is 1. The van der Waals surface area contributed by atoms with E-state index in [9.17, 15) is 9.90 Å². The molecule has 2 N–H and O–H groups in total. The van der Waals surface area contributed by atoms with Crippen molar-refractivity contribution in [3.63, 3.8) is 0 Å². The van der Waals surface area contributed by atoms with Crippen molar-refractivity contribution in [3.8, 4) is 0 Å². The second-order valence-electron chi connectivity index (χ2n) is 3.63.